The van der Waals surface area contributed by atoms with Crippen molar-refractivity contribution >= 4 is 11.6 Å². The van der Waals surface area contributed by atoms with Gasteiger partial charge in [-0.1, -0.05) is 66.7 Å². The van der Waals surface area contributed by atoms with E-state index in [1.807, 2.05) is 72.8 Å². The maximum atomic E-state index is 13.2. The van der Waals surface area contributed by atoms with Gasteiger partial charge in [-0.25, -0.2) is 0 Å². The first-order valence-electron chi connectivity index (χ1n) is 9.09. The Morgan fingerprint density at radius 3 is 2.41 bits per heavy atom. The number of amides is 1. The zero-order chi connectivity index (χ0) is 20.1. The summed E-state index contributed by atoms with van der Waals surface area (Å²) in [5, 5.41) is 15.7. The van der Waals surface area contributed by atoms with Gasteiger partial charge in [0.25, 0.3) is 5.91 Å². The first-order valence-corrected chi connectivity index (χ1v) is 9.09. The fourth-order valence-electron chi connectivity index (χ4n) is 2.97. The molecule has 0 aliphatic rings. The van der Waals surface area contributed by atoms with Crippen molar-refractivity contribution in [3.8, 4) is 17.1 Å². The number of hydrogen-bond donors (Lipinski definition) is 1. The van der Waals surface area contributed by atoms with E-state index < -0.39 is 6.04 Å². The summed E-state index contributed by atoms with van der Waals surface area (Å²) in [7, 11) is 1.58. The number of carbonyl (C=O) groups excluding carboxylic acids is 1. The van der Waals surface area contributed by atoms with Crippen molar-refractivity contribution in [2.45, 2.75) is 6.04 Å². The Hall–Kier alpha value is -4.00. The van der Waals surface area contributed by atoms with Gasteiger partial charge in [-0.05, 0) is 22.9 Å². The molecule has 0 spiro atoms. The largest absolute Gasteiger partial charge is 0.497 e. The number of tetrazole rings is 1. The molecule has 0 aliphatic carbocycles. The number of nitrogens with zero attached hydrogens (tertiary/aromatic N) is 4. The van der Waals surface area contributed by atoms with Gasteiger partial charge >= 0.3 is 0 Å². The van der Waals surface area contributed by atoms with E-state index in [0.29, 0.717) is 17.3 Å². The summed E-state index contributed by atoms with van der Waals surface area (Å²) in [4.78, 5) is 14.5. The van der Waals surface area contributed by atoms with Crippen molar-refractivity contribution < 1.29 is 9.53 Å². The Kier molecular flexibility index (Phi) is 5.29. The first-order chi connectivity index (χ1) is 14.2. The van der Waals surface area contributed by atoms with Crippen LogP contribution < -0.4 is 10.1 Å². The molecule has 7 nitrogen and oxygen atoms in total. The SMILES string of the molecule is COc1cccc(NC(=O)[C@@H](c2ccccc2)n2nnc(-c3ccccc3)n2)c1. The van der Waals surface area contributed by atoms with E-state index >= 15 is 0 Å². The molecule has 1 atom stereocenters. The Morgan fingerprint density at radius 1 is 0.966 bits per heavy atom. The van der Waals surface area contributed by atoms with Gasteiger partial charge in [0.2, 0.25) is 5.82 Å². The highest BCUT2D eigenvalue weighted by atomic mass is 16.5. The van der Waals surface area contributed by atoms with Gasteiger partial charge in [0.05, 0.1) is 7.11 Å². The molecule has 0 saturated heterocycles. The minimum Gasteiger partial charge on any atom is -0.497 e. The highest BCUT2D eigenvalue weighted by molar-refractivity contribution is 5.95. The average Bonchev–Trinajstić information content (AvgIpc) is 3.25. The highest BCUT2D eigenvalue weighted by Crippen LogP contribution is 2.22. The van der Waals surface area contributed by atoms with E-state index in [0.717, 1.165) is 11.1 Å². The normalized spacial score (nSPS) is 11.6. The van der Waals surface area contributed by atoms with Crippen LogP contribution in [0.2, 0.25) is 0 Å². The summed E-state index contributed by atoms with van der Waals surface area (Å²) in [6, 6.07) is 25.3. The van der Waals surface area contributed by atoms with Gasteiger partial charge in [0.1, 0.15) is 5.75 Å². The van der Waals surface area contributed by atoms with E-state index in [2.05, 4.69) is 20.7 Å². The molecule has 4 aromatic rings. The number of ether oxygens (including phenoxy) is 1. The van der Waals surface area contributed by atoms with Crippen LogP contribution in [0.5, 0.6) is 5.75 Å². The molecule has 7 heteroatoms. The first kappa shape index (κ1) is 18.4. The molecule has 0 aliphatic heterocycles. The lowest BCUT2D eigenvalue weighted by molar-refractivity contribution is -0.118. The number of benzene rings is 3. The van der Waals surface area contributed by atoms with Crippen LogP contribution in [0.3, 0.4) is 0 Å². The molecule has 0 unspecified atom stereocenters. The zero-order valence-corrected chi connectivity index (χ0v) is 15.8. The number of nitrogens with one attached hydrogen (secondary N) is 1. The lowest BCUT2D eigenvalue weighted by Crippen LogP contribution is -2.28. The standard InChI is InChI=1S/C22H19N5O2/c1-29-19-14-8-13-18(15-19)23-22(28)20(16-9-4-2-5-10-16)27-25-21(24-26-27)17-11-6-3-7-12-17/h2-15,20H,1H3,(H,23,28)/t20-/m1/s1. The van der Waals surface area contributed by atoms with Crippen LogP contribution in [0.25, 0.3) is 11.4 Å². The van der Waals surface area contributed by atoms with Crippen LogP contribution in [-0.4, -0.2) is 33.2 Å². The molecule has 4 rings (SSSR count). The monoisotopic (exact) mass is 385 g/mol. The van der Waals surface area contributed by atoms with Gasteiger partial charge < -0.3 is 10.1 Å². The Bertz CT molecular complexity index is 1100. The zero-order valence-electron chi connectivity index (χ0n) is 15.8. The topological polar surface area (TPSA) is 81.9 Å². The van der Waals surface area contributed by atoms with Crippen molar-refractivity contribution in [2.24, 2.45) is 0 Å². The van der Waals surface area contributed by atoms with Gasteiger partial charge in [-0.3, -0.25) is 4.79 Å². The fourth-order valence-corrected chi connectivity index (χ4v) is 2.97. The third-order valence-corrected chi connectivity index (χ3v) is 4.39. The van der Waals surface area contributed by atoms with Crippen LogP contribution in [0.4, 0.5) is 5.69 Å². The summed E-state index contributed by atoms with van der Waals surface area (Å²) in [5.74, 6) is 0.839. The van der Waals surface area contributed by atoms with E-state index in [1.54, 1.807) is 19.2 Å². The second-order valence-corrected chi connectivity index (χ2v) is 6.33. The molecule has 0 saturated carbocycles. The molecule has 1 N–H and O–H groups in total. The number of anilines is 1. The molecular formula is C22H19N5O2. The van der Waals surface area contributed by atoms with Crippen LogP contribution in [0.15, 0.2) is 84.9 Å². The molecule has 1 amide bonds. The van der Waals surface area contributed by atoms with Crippen LogP contribution in [0, 0.1) is 0 Å². The van der Waals surface area contributed by atoms with Gasteiger partial charge in [0.15, 0.2) is 6.04 Å². The van der Waals surface area contributed by atoms with Crippen molar-refractivity contribution in [3.63, 3.8) is 0 Å². The molecule has 0 bridgehead atoms. The quantitative estimate of drug-likeness (QED) is 0.549. The smallest absolute Gasteiger partial charge is 0.255 e. The van der Waals surface area contributed by atoms with E-state index in [4.69, 9.17) is 4.74 Å². The maximum absolute atomic E-state index is 13.2. The van der Waals surface area contributed by atoms with Crippen LogP contribution >= 0.6 is 0 Å². The minimum absolute atomic E-state index is 0.276. The summed E-state index contributed by atoms with van der Waals surface area (Å²) in [6.07, 6.45) is 0. The Morgan fingerprint density at radius 2 is 1.69 bits per heavy atom. The maximum Gasteiger partial charge on any atom is 0.255 e. The predicted octanol–water partition coefficient (Wildman–Crippen LogP) is 3.58. The molecule has 144 valence electrons. The second-order valence-electron chi connectivity index (χ2n) is 6.33. The lowest BCUT2D eigenvalue weighted by Gasteiger charge is -2.16. The van der Waals surface area contributed by atoms with Gasteiger partial charge in [-0.2, -0.15) is 0 Å². The fraction of sp³-hybridized carbons (Fsp3) is 0.0909. The Labute approximate surface area is 168 Å². The lowest BCUT2D eigenvalue weighted by atomic mass is 10.1. The predicted molar refractivity (Wildman–Crippen MR) is 109 cm³/mol. The number of aromatic nitrogens is 4. The minimum atomic E-state index is -0.771. The molecule has 0 fully saturated rings. The number of carbonyl (C=O) groups is 1. The summed E-state index contributed by atoms with van der Waals surface area (Å²) >= 11 is 0. The number of hydrogen-bond acceptors (Lipinski definition) is 5. The molecule has 1 heterocycles. The van der Waals surface area contributed by atoms with Crippen LogP contribution in [-0.2, 0) is 4.79 Å². The van der Waals surface area contributed by atoms with E-state index in [9.17, 15) is 4.79 Å². The molecule has 0 radical (unpaired) electrons. The third-order valence-electron chi connectivity index (χ3n) is 4.39. The van der Waals surface area contributed by atoms with Crippen molar-refractivity contribution in [1.82, 2.24) is 20.2 Å². The molecule has 29 heavy (non-hydrogen) atoms. The summed E-state index contributed by atoms with van der Waals surface area (Å²) in [6.45, 7) is 0. The second kappa shape index (κ2) is 8.35. The van der Waals surface area contributed by atoms with E-state index in [-0.39, 0.29) is 5.91 Å². The van der Waals surface area contributed by atoms with Gasteiger partial charge in [-0.15, -0.1) is 15.0 Å². The third kappa shape index (κ3) is 4.14. The summed E-state index contributed by atoms with van der Waals surface area (Å²) < 4.78 is 5.23. The molecule has 3 aromatic carbocycles. The molecular weight excluding hydrogens is 366 g/mol. The number of rotatable bonds is 6. The van der Waals surface area contributed by atoms with Crippen molar-refractivity contribution in [1.29, 1.82) is 0 Å². The molecule has 1 aromatic heterocycles. The van der Waals surface area contributed by atoms with Crippen molar-refractivity contribution in [3.05, 3.63) is 90.5 Å². The highest BCUT2D eigenvalue weighted by Gasteiger charge is 2.26. The van der Waals surface area contributed by atoms with E-state index in [1.165, 1.54) is 4.80 Å². The average molecular weight is 385 g/mol. The van der Waals surface area contributed by atoms with Gasteiger partial charge in [0, 0.05) is 17.3 Å². The summed E-state index contributed by atoms with van der Waals surface area (Å²) in [5.41, 5.74) is 2.21. The Balaban J connectivity index is 1.67. The van der Waals surface area contributed by atoms with Crippen LogP contribution in [0.1, 0.15) is 11.6 Å². The number of methoxy groups -OCH3 is 1. The van der Waals surface area contributed by atoms with Crippen molar-refractivity contribution in [2.75, 3.05) is 12.4 Å².